The first-order valence-electron chi connectivity index (χ1n) is 10.9. The van der Waals surface area contributed by atoms with E-state index in [-0.39, 0.29) is 31.6 Å². The number of rotatable bonds is 5. The van der Waals surface area contributed by atoms with Crippen molar-refractivity contribution in [2.45, 2.75) is 70.0 Å². The number of hydrogen-bond donors (Lipinski definition) is 1. The summed E-state index contributed by atoms with van der Waals surface area (Å²) in [6.45, 7) is 1.16. The molecule has 1 aliphatic heterocycles. The van der Waals surface area contributed by atoms with E-state index in [1.54, 1.807) is 19.1 Å². The van der Waals surface area contributed by atoms with Gasteiger partial charge >= 0.3 is 0 Å². The highest BCUT2D eigenvalue weighted by atomic mass is 32.2. The number of amides is 2. The molecule has 0 bridgehead atoms. The van der Waals surface area contributed by atoms with Crippen LogP contribution in [0.1, 0.15) is 57.4 Å². The van der Waals surface area contributed by atoms with Crippen LogP contribution in [0.5, 0.6) is 0 Å². The van der Waals surface area contributed by atoms with E-state index in [1.807, 2.05) is 0 Å². The zero-order chi connectivity index (χ0) is 22.6. The summed E-state index contributed by atoms with van der Waals surface area (Å²) in [5.74, 6) is -1.27. The van der Waals surface area contributed by atoms with Crippen molar-refractivity contribution in [3.63, 3.8) is 0 Å². The summed E-state index contributed by atoms with van der Waals surface area (Å²) in [5.41, 5.74) is -0.848. The molecule has 0 radical (unpaired) electrons. The van der Waals surface area contributed by atoms with Gasteiger partial charge in [0.1, 0.15) is 11.4 Å². The van der Waals surface area contributed by atoms with Crippen molar-refractivity contribution >= 4 is 21.8 Å². The minimum atomic E-state index is -3.66. The zero-order valence-electron chi connectivity index (χ0n) is 18.3. The van der Waals surface area contributed by atoms with E-state index in [1.165, 1.54) is 23.5 Å². The quantitative estimate of drug-likeness (QED) is 0.742. The van der Waals surface area contributed by atoms with Crippen LogP contribution in [0.2, 0.25) is 0 Å². The molecule has 2 fully saturated rings. The number of nitrogens with zero attached hydrogens (tertiary/aromatic N) is 2. The van der Waals surface area contributed by atoms with Crippen molar-refractivity contribution in [1.82, 2.24) is 14.5 Å². The smallest absolute Gasteiger partial charge is 0.247 e. The molecule has 1 unspecified atom stereocenters. The van der Waals surface area contributed by atoms with Gasteiger partial charge in [-0.1, -0.05) is 44.2 Å². The van der Waals surface area contributed by atoms with E-state index in [9.17, 15) is 22.4 Å². The normalized spacial score (nSPS) is 24.5. The van der Waals surface area contributed by atoms with E-state index in [0.717, 1.165) is 49.1 Å². The van der Waals surface area contributed by atoms with E-state index < -0.39 is 27.3 Å². The monoisotopic (exact) mass is 453 g/mol. The predicted octanol–water partition coefficient (Wildman–Crippen LogP) is 2.42. The summed E-state index contributed by atoms with van der Waals surface area (Å²) in [5, 5.41) is 3.09. The average Bonchev–Trinajstić information content (AvgIpc) is 2.66. The molecule has 1 aromatic carbocycles. The fourth-order valence-electron chi connectivity index (χ4n) is 4.45. The summed E-state index contributed by atoms with van der Waals surface area (Å²) in [6, 6.07) is 5.88. The maximum atomic E-state index is 13.7. The summed E-state index contributed by atoms with van der Waals surface area (Å²) in [6.07, 6.45) is 8.32. The molecule has 1 aliphatic carbocycles. The SMILES string of the molecule is CC1(C(=O)NC2CCCCCCC2)CN(S(C)(=O)=O)CC(=O)N1Cc1cccc(F)c1. The van der Waals surface area contributed by atoms with Crippen LogP contribution < -0.4 is 5.32 Å². The fourth-order valence-corrected chi connectivity index (χ4v) is 5.28. The fraction of sp³-hybridized carbons (Fsp3) is 0.636. The van der Waals surface area contributed by atoms with Crippen LogP contribution in [0.4, 0.5) is 4.39 Å². The highest BCUT2D eigenvalue weighted by Gasteiger charge is 2.49. The molecule has 7 nitrogen and oxygen atoms in total. The van der Waals surface area contributed by atoms with Crippen LogP contribution in [0.15, 0.2) is 24.3 Å². The molecule has 0 spiro atoms. The van der Waals surface area contributed by atoms with Crippen LogP contribution in [-0.2, 0) is 26.2 Å². The van der Waals surface area contributed by atoms with Gasteiger partial charge in [0.05, 0.1) is 12.8 Å². The number of halogens is 1. The van der Waals surface area contributed by atoms with Crippen LogP contribution >= 0.6 is 0 Å². The maximum absolute atomic E-state index is 13.7. The Hall–Kier alpha value is -2.00. The molecule has 2 amide bonds. The molecule has 9 heteroatoms. The third-order valence-corrected chi connectivity index (χ3v) is 7.52. The Kier molecular flexibility index (Phi) is 7.36. The largest absolute Gasteiger partial charge is 0.351 e. The summed E-state index contributed by atoms with van der Waals surface area (Å²) >= 11 is 0. The molecule has 0 aromatic heterocycles. The molecule has 1 heterocycles. The van der Waals surface area contributed by atoms with Gasteiger partial charge in [-0.2, -0.15) is 4.31 Å². The molecule has 2 aliphatic rings. The first-order valence-corrected chi connectivity index (χ1v) is 12.8. The van der Waals surface area contributed by atoms with E-state index in [2.05, 4.69) is 5.32 Å². The van der Waals surface area contributed by atoms with Gasteiger partial charge < -0.3 is 10.2 Å². The highest BCUT2D eigenvalue weighted by Crippen LogP contribution is 2.28. The number of carbonyl (C=O) groups excluding carboxylic acids is 2. The Morgan fingerprint density at radius 1 is 1.19 bits per heavy atom. The van der Waals surface area contributed by atoms with Crippen LogP contribution in [0, 0.1) is 5.82 Å². The predicted molar refractivity (Wildman–Crippen MR) is 116 cm³/mol. The zero-order valence-corrected chi connectivity index (χ0v) is 19.1. The van der Waals surface area contributed by atoms with Gasteiger partial charge in [0.25, 0.3) is 0 Å². The van der Waals surface area contributed by atoms with Crippen LogP contribution in [-0.4, -0.2) is 60.4 Å². The second-order valence-corrected chi connectivity index (χ2v) is 10.9. The van der Waals surface area contributed by atoms with E-state index >= 15 is 0 Å². The standard InChI is InChI=1S/C22H32FN3O4S/c1-22(21(28)24-19-11-6-4-3-5-7-12-19)16-25(31(2,29)30)15-20(27)26(22)14-17-9-8-10-18(23)13-17/h8-10,13,19H,3-7,11-12,14-16H2,1-2H3,(H,24,28). The first-order chi connectivity index (χ1) is 14.6. The summed E-state index contributed by atoms with van der Waals surface area (Å²) < 4.78 is 39.1. The van der Waals surface area contributed by atoms with Gasteiger partial charge in [0.2, 0.25) is 21.8 Å². The second kappa shape index (κ2) is 9.65. The Bertz CT molecular complexity index is 915. The Balaban J connectivity index is 1.87. The lowest BCUT2D eigenvalue weighted by Gasteiger charge is -2.47. The number of piperazine rings is 1. The lowest BCUT2D eigenvalue weighted by molar-refractivity contribution is -0.154. The minimum Gasteiger partial charge on any atom is -0.351 e. The van der Waals surface area contributed by atoms with Crippen molar-refractivity contribution in [3.05, 3.63) is 35.6 Å². The molecule has 172 valence electrons. The second-order valence-electron chi connectivity index (χ2n) is 8.93. The Morgan fingerprint density at radius 3 is 2.45 bits per heavy atom. The van der Waals surface area contributed by atoms with Gasteiger partial charge in [0, 0.05) is 19.1 Å². The highest BCUT2D eigenvalue weighted by molar-refractivity contribution is 7.88. The topological polar surface area (TPSA) is 86.8 Å². The van der Waals surface area contributed by atoms with E-state index in [4.69, 9.17) is 0 Å². The molecule has 1 N–H and O–H groups in total. The van der Waals surface area contributed by atoms with Crippen molar-refractivity contribution in [3.8, 4) is 0 Å². The molecule has 31 heavy (non-hydrogen) atoms. The van der Waals surface area contributed by atoms with Crippen molar-refractivity contribution in [1.29, 1.82) is 0 Å². The first kappa shape index (κ1) is 23.7. The molecule has 3 rings (SSSR count). The Labute approximate surface area is 184 Å². The van der Waals surface area contributed by atoms with Crippen molar-refractivity contribution < 1.29 is 22.4 Å². The van der Waals surface area contributed by atoms with Gasteiger partial charge in [-0.15, -0.1) is 0 Å². The number of benzene rings is 1. The number of carbonyl (C=O) groups is 2. The van der Waals surface area contributed by atoms with Crippen LogP contribution in [0.25, 0.3) is 0 Å². The average molecular weight is 454 g/mol. The third kappa shape index (κ3) is 5.83. The summed E-state index contributed by atoms with van der Waals surface area (Å²) in [7, 11) is -3.66. The number of hydrogen-bond acceptors (Lipinski definition) is 4. The maximum Gasteiger partial charge on any atom is 0.247 e. The van der Waals surface area contributed by atoms with Gasteiger partial charge in [0.15, 0.2) is 0 Å². The molecule has 1 atom stereocenters. The minimum absolute atomic E-state index is 0.00403. The van der Waals surface area contributed by atoms with Crippen LogP contribution in [0.3, 0.4) is 0 Å². The molecular formula is C22H32FN3O4S. The lowest BCUT2D eigenvalue weighted by Crippen LogP contribution is -2.69. The summed E-state index contributed by atoms with van der Waals surface area (Å²) in [4.78, 5) is 27.9. The van der Waals surface area contributed by atoms with Crippen molar-refractivity contribution in [2.75, 3.05) is 19.3 Å². The molecule has 1 saturated heterocycles. The van der Waals surface area contributed by atoms with Gasteiger partial charge in [-0.3, -0.25) is 9.59 Å². The third-order valence-electron chi connectivity index (χ3n) is 6.32. The van der Waals surface area contributed by atoms with Crippen molar-refractivity contribution in [2.24, 2.45) is 0 Å². The van der Waals surface area contributed by atoms with Gasteiger partial charge in [-0.05, 0) is 37.5 Å². The molecular weight excluding hydrogens is 421 g/mol. The van der Waals surface area contributed by atoms with Gasteiger partial charge in [-0.25, -0.2) is 12.8 Å². The Morgan fingerprint density at radius 2 is 1.84 bits per heavy atom. The number of nitrogens with one attached hydrogen (secondary N) is 1. The van der Waals surface area contributed by atoms with E-state index in [0.29, 0.717) is 5.56 Å². The lowest BCUT2D eigenvalue weighted by atomic mass is 9.92. The molecule has 1 aromatic rings. The molecule has 1 saturated carbocycles. The number of sulfonamides is 1.